The number of hydrogen-bond acceptors (Lipinski definition) is 8. The molecule has 0 aromatic rings. The van der Waals surface area contributed by atoms with Gasteiger partial charge in [0.15, 0.2) is 0 Å². The average molecular weight is 414 g/mol. The molecule has 0 aliphatic heterocycles. The molecule has 0 saturated heterocycles. The standard InChI is InChI=1S/C19H30N2O8/c1-7-27-15(24)19(21-11(3)22,16(25)28-8-2)13-9-12(23)10-14(13)20-17(26)29-18(4,5)6/h13-14H,7-10H2,1-6H3,(H,20,26)(H,21,22)/t13-,14-/m1/s1. The number of carbonyl (C=O) groups is 5. The van der Waals surface area contributed by atoms with Gasteiger partial charge in [0, 0.05) is 31.7 Å². The van der Waals surface area contributed by atoms with E-state index in [4.69, 9.17) is 14.2 Å². The van der Waals surface area contributed by atoms with Crippen LogP contribution in [0.4, 0.5) is 4.79 Å². The van der Waals surface area contributed by atoms with Crippen molar-refractivity contribution in [1.82, 2.24) is 10.6 Å². The Morgan fingerprint density at radius 2 is 1.52 bits per heavy atom. The molecular weight excluding hydrogens is 384 g/mol. The molecule has 0 aromatic carbocycles. The van der Waals surface area contributed by atoms with E-state index < -0.39 is 47.0 Å². The first kappa shape index (κ1) is 24.4. The second kappa shape index (κ2) is 9.71. The monoisotopic (exact) mass is 414 g/mol. The summed E-state index contributed by atoms with van der Waals surface area (Å²) < 4.78 is 15.3. The maximum absolute atomic E-state index is 12.9. The Labute approximate surface area is 170 Å². The number of rotatable bonds is 7. The minimum atomic E-state index is -2.27. The number of hydrogen-bond donors (Lipinski definition) is 2. The Morgan fingerprint density at radius 1 is 1.00 bits per heavy atom. The number of esters is 2. The van der Waals surface area contributed by atoms with Crippen LogP contribution in [0.3, 0.4) is 0 Å². The van der Waals surface area contributed by atoms with Crippen LogP contribution < -0.4 is 10.6 Å². The first-order chi connectivity index (χ1) is 13.4. The van der Waals surface area contributed by atoms with Gasteiger partial charge in [-0.05, 0) is 34.6 Å². The van der Waals surface area contributed by atoms with Gasteiger partial charge in [0.2, 0.25) is 11.4 Å². The predicted molar refractivity (Wildman–Crippen MR) is 101 cm³/mol. The van der Waals surface area contributed by atoms with Crippen molar-refractivity contribution in [3.05, 3.63) is 0 Å². The van der Waals surface area contributed by atoms with Crippen LogP contribution in [0.5, 0.6) is 0 Å². The van der Waals surface area contributed by atoms with Crippen molar-refractivity contribution in [1.29, 1.82) is 0 Å². The molecule has 1 aliphatic carbocycles. The summed E-state index contributed by atoms with van der Waals surface area (Å²) in [6.45, 7) is 9.08. The second-order valence-corrected chi connectivity index (χ2v) is 7.74. The van der Waals surface area contributed by atoms with E-state index in [0.717, 1.165) is 6.92 Å². The molecule has 29 heavy (non-hydrogen) atoms. The van der Waals surface area contributed by atoms with Gasteiger partial charge < -0.3 is 24.8 Å². The molecule has 2 atom stereocenters. The molecule has 0 bridgehead atoms. The molecule has 0 heterocycles. The fraction of sp³-hybridized carbons (Fsp3) is 0.737. The summed E-state index contributed by atoms with van der Waals surface area (Å²) in [7, 11) is 0. The quantitative estimate of drug-likeness (QED) is 0.355. The number of carbonyl (C=O) groups excluding carboxylic acids is 5. The lowest BCUT2D eigenvalue weighted by Gasteiger charge is -2.37. The molecule has 10 nitrogen and oxygen atoms in total. The SMILES string of the molecule is CCOC(=O)C(NC(C)=O)(C(=O)OCC)[C@@H]1CC(=O)C[C@H]1NC(=O)OC(C)(C)C. The number of ether oxygens (including phenoxy) is 3. The molecule has 10 heteroatoms. The van der Waals surface area contributed by atoms with Gasteiger partial charge in [-0.2, -0.15) is 0 Å². The second-order valence-electron chi connectivity index (χ2n) is 7.74. The van der Waals surface area contributed by atoms with Gasteiger partial charge in [-0.25, -0.2) is 14.4 Å². The van der Waals surface area contributed by atoms with E-state index in [1.807, 2.05) is 0 Å². The summed E-state index contributed by atoms with van der Waals surface area (Å²) in [6.07, 6.45) is -1.19. The van der Waals surface area contributed by atoms with E-state index in [1.54, 1.807) is 20.8 Å². The normalized spacial score (nSPS) is 19.3. The molecule has 1 aliphatic rings. The Kier molecular flexibility index (Phi) is 8.16. The third-order valence-electron chi connectivity index (χ3n) is 4.21. The molecule has 164 valence electrons. The van der Waals surface area contributed by atoms with E-state index in [-0.39, 0.29) is 31.8 Å². The Bertz CT molecular complexity index is 650. The molecule has 1 fully saturated rings. The average Bonchev–Trinajstić information content (AvgIpc) is 2.91. The highest BCUT2D eigenvalue weighted by Crippen LogP contribution is 2.35. The number of Topliss-reactive ketones (excluding diaryl/α,β-unsaturated/α-hetero) is 1. The van der Waals surface area contributed by atoms with Crippen LogP contribution in [0.25, 0.3) is 0 Å². The van der Waals surface area contributed by atoms with E-state index in [1.165, 1.54) is 13.8 Å². The number of alkyl carbamates (subject to hydrolysis) is 1. The van der Waals surface area contributed by atoms with Crippen LogP contribution in [-0.4, -0.2) is 60.1 Å². The summed E-state index contributed by atoms with van der Waals surface area (Å²) in [6, 6.07) is -0.946. The summed E-state index contributed by atoms with van der Waals surface area (Å²) in [4.78, 5) is 62.1. The zero-order valence-corrected chi connectivity index (χ0v) is 17.7. The van der Waals surface area contributed by atoms with Gasteiger partial charge in [-0.1, -0.05) is 0 Å². The number of ketones is 1. The van der Waals surface area contributed by atoms with Gasteiger partial charge in [0.05, 0.1) is 13.2 Å². The van der Waals surface area contributed by atoms with E-state index in [2.05, 4.69) is 10.6 Å². The van der Waals surface area contributed by atoms with Crippen molar-refractivity contribution in [2.75, 3.05) is 13.2 Å². The van der Waals surface area contributed by atoms with Gasteiger partial charge in [-0.15, -0.1) is 0 Å². The van der Waals surface area contributed by atoms with Crippen molar-refractivity contribution in [2.24, 2.45) is 5.92 Å². The van der Waals surface area contributed by atoms with Gasteiger partial charge in [0.25, 0.3) is 0 Å². The number of amides is 2. The third-order valence-corrected chi connectivity index (χ3v) is 4.21. The number of nitrogens with one attached hydrogen (secondary N) is 2. The molecule has 0 unspecified atom stereocenters. The van der Waals surface area contributed by atoms with Crippen molar-refractivity contribution >= 4 is 29.7 Å². The topological polar surface area (TPSA) is 137 Å². The largest absolute Gasteiger partial charge is 0.464 e. The predicted octanol–water partition coefficient (Wildman–Crippen LogP) is 0.860. The Morgan fingerprint density at radius 3 is 1.93 bits per heavy atom. The Balaban J connectivity index is 3.39. The zero-order valence-electron chi connectivity index (χ0n) is 17.7. The fourth-order valence-corrected chi connectivity index (χ4v) is 3.27. The highest BCUT2D eigenvalue weighted by Gasteiger charge is 2.61. The maximum atomic E-state index is 12.9. The van der Waals surface area contributed by atoms with E-state index >= 15 is 0 Å². The van der Waals surface area contributed by atoms with Crippen LogP contribution in [0.15, 0.2) is 0 Å². The molecule has 0 spiro atoms. The molecule has 2 N–H and O–H groups in total. The van der Waals surface area contributed by atoms with Gasteiger partial charge in [0.1, 0.15) is 11.4 Å². The van der Waals surface area contributed by atoms with Crippen LogP contribution in [-0.2, 0) is 33.4 Å². The van der Waals surface area contributed by atoms with Crippen LogP contribution in [0.1, 0.15) is 54.4 Å². The molecular formula is C19H30N2O8. The van der Waals surface area contributed by atoms with Crippen LogP contribution in [0.2, 0.25) is 0 Å². The molecule has 0 radical (unpaired) electrons. The van der Waals surface area contributed by atoms with Gasteiger partial charge in [-0.3, -0.25) is 9.59 Å². The van der Waals surface area contributed by atoms with Gasteiger partial charge >= 0.3 is 18.0 Å². The van der Waals surface area contributed by atoms with Crippen molar-refractivity contribution in [3.63, 3.8) is 0 Å². The van der Waals surface area contributed by atoms with Crippen LogP contribution >= 0.6 is 0 Å². The highest BCUT2D eigenvalue weighted by molar-refractivity contribution is 6.09. The minimum Gasteiger partial charge on any atom is -0.464 e. The summed E-state index contributed by atoms with van der Waals surface area (Å²) in [5.74, 6) is -4.20. The minimum absolute atomic E-state index is 0.0651. The lowest BCUT2D eigenvalue weighted by atomic mass is 9.79. The fourth-order valence-electron chi connectivity index (χ4n) is 3.27. The molecule has 0 aromatic heterocycles. The lowest BCUT2D eigenvalue weighted by Crippen LogP contribution is -2.68. The Hall–Kier alpha value is -2.65. The van der Waals surface area contributed by atoms with Crippen molar-refractivity contribution in [2.45, 2.75) is 71.6 Å². The molecule has 1 rings (SSSR count). The maximum Gasteiger partial charge on any atom is 0.407 e. The third kappa shape index (κ3) is 6.16. The smallest absolute Gasteiger partial charge is 0.407 e. The van der Waals surface area contributed by atoms with Crippen LogP contribution in [0, 0.1) is 5.92 Å². The lowest BCUT2D eigenvalue weighted by molar-refractivity contribution is -0.172. The highest BCUT2D eigenvalue weighted by atomic mass is 16.6. The van der Waals surface area contributed by atoms with E-state index in [0.29, 0.717) is 0 Å². The van der Waals surface area contributed by atoms with E-state index in [9.17, 15) is 24.0 Å². The summed E-state index contributed by atoms with van der Waals surface area (Å²) in [5.41, 5.74) is -3.07. The molecule has 1 saturated carbocycles. The first-order valence-electron chi connectivity index (χ1n) is 9.51. The first-order valence-corrected chi connectivity index (χ1v) is 9.51. The molecule has 2 amide bonds. The summed E-state index contributed by atoms with van der Waals surface area (Å²) >= 11 is 0. The van der Waals surface area contributed by atoms with Crippen molar-refractivity contribution < 1.29 is 38.2 Å². The van der Waals surface area contributed by atoms with Crippen molar-refractivity contribution in [3.8, 4) is 0 Å². The zero-order chi connectivity index (χ0) is 22.4. The summed E-state index contributed by atoms with van der Waals surface area (Å²) in [5, 5.41) is 4.88.